The smallest absolute Gasteiger partial charge is 0.0175 e. The molecule has 2 rings (SSSR count). The van der Waals surface area contributed by atoms with Crippen LogP contribution in [0.1, 0.15) is 7.43 Å². The fraction of sp³-hybridized carbons (Fsp3) is 0.0769. The number of halogens is 2. The van der Waals surface area contributed by atoms with Crippen molar-refractivity contribution in [3.8, 4) is 0 Å². The van der Waals surface area contributed by atoms with Gasteiger partial charge in [0, 0.05) is 8.95 Å². The molecule has 2 heteroatoms. The molecule has 0 aliphatic heterocycles. The van der Waals surface area contributed by atoms with E-state index in [4.69, 9.17) is 0 Å². The van der Waals surface area contributed by atoms with Gasteiger partial charge in [0.2, 0.25) is 0 Å². The second kappa shape index (κ2) is 8.69. The maximum atomic E-state index is 3.31. The lowest BCUT2D eigenvalue weighted by Gasteiger charge is -1.80. The molecule has 15 heavy (non-hydrogen) atoms. The van der Waals surface area contributed by atoms with Crippen molar-refractivity contribution in [2.75, 3.05) is 0 Å². The molecule has 0 heterocycles. The van der Waals surface area contributed by atoms with E-state index in [0.717, 1.165) is 8.95 Å². The Bertz CT molecular complexity index is 306. The highest BCUT2D eigenvalue weighted by Gasteiger charge is 1.75. The van der Waals surface area contributed by atoms with Crippen LogP contribution >= 0.6 is 31.9 Å². The average molecular weight is 330 g/mol. The highest BCUT2D eigenvalue weighted by Crippen LogP contribution is 2.05. The van der Waals surface area contributed by atoms with Crippen LogP contribution in [0.25, 0.3) is 0 Å². The van der Waals surface area contributed by atoms with Crippen LogP contribution < -0.4 is 0 Å². The minimum Gasteiger partial charge on any atom is -0.0776 e. The molecule has 0 aliphatic carbocycles. The highest BCUT2D eigenvalue weighted by molar-refractivity contribution is 9.10. The maximum Gasteiger partial charge on any atom is 0.0175 e. The van der Waals surface area contributed by atoms with Gasteiger partial charge >= 0.3 is 0 Å². The largest absolute Gasteiger partial charge is 0.0776 e. The van der Waals surface area contributed by atoms with E-state index < -0.39 is 0 Å². The molecule has 0 radical (unpaired) electrons. The summed E-state index contributed by atoms with van der Waals surface area (Å²) in [6.45, 7) is 0. The first-order valence-electron chi connectivity index (χ1n) is 4.20. The van der Waals surface area contributed by atoms with Crippen molar-refractivity contribution < 1.29 is 0 Å². The minimum atomic E-state index is 0. The highest BCUT2D eigenvalue weighted by atomic mass is 79.9. The van der Waals surface area contributed by atoms with Crippen molar-refractivity contribution in [3.63, 3.8) is 0 Å². The Labute approximate surface area is 109 Å². The molecule has 0 fully saturated rings. The van der Waals surface area contributed by atoms with Crippen molar-refractivity contribution in [1.82, 2.24) is 0 Å². The van der Waals surface area contributed by atoms with Crippen molar-refractivity contribution in [3.05, 3.63) is 69.6 Å². The van der Waals surface area contributed by atoms with E-state index in [1.54, 1.807) is 0 Å². The van der Waals surface area contributed by atoms with Crippen molar-refractivity contribution in [2.45, 2.75) is 7.43 Å². The predicted molar refractivity (Wildman–Crippen MR) is 75.0 cm³/mol. The molecular weight excluding hydrogens is 316 g/mol. The molecule has 0 saturated carbocycles. The summed E-state index contributed by atoms with van der Waals surface area (Å²) in [6.07, 6.45) is 0. The Morgan fingerprint density at radius 2 is 0.800 bits per heavy atom. The molecule has 0 bridgehead atoms. The minimum absolute atomic E-state index is 0. The van der Waals surface area contributed by atoms with Gasteiger partial charge in [0.05, 0.1) is 0 Å². The van der Waals surface area contributed by atoms with Gasteiger partial charge in [-0.1, -0.05) is 75.7 Å². The summed E-state index contributed by atoms with van der Waals surface area (Å²) < 4.78 is 2.27. The standard InChI is InChI=1S/2C6H5Br.CH4/c2*7-6-4-2-1-3-5-6;/h2*1-5H;1H4. The normalized spacial score (nSPS) is 8.13. The van der Waals surface area contributed by atoms with Gasteiger partial charge in [-0.2, -0.15) is 0 Å². The lowest BCUT2D eigenvalue weighted by molar-refractivity contribution is 1.66. The monoisotopic (exact) mass is 328 g/mol. The fourth-order valence-corrected chi connectivity index (χ4v) is 1.44. The van der Waals surface area contributed by atoms with E-state index in [0.29, 0.717) is 0 Å². The quantitative estimate of drug-likeness (QED) is 0.595. The van der Waals surface area contributed by atoms with Crippen molar-refractivity contribution in [2.24, 2.45) is 0 Å². The van der Waals surface area contributed by atoms with Crippen LogP contribution in [0.3, 0.4) is 0 Å². The first-order chi connectivity index (χ1) is 6.79. The van der Waals surface area contributed by atoms with Crippen LogP contribution in [0.5, 0.6) is 0 Å². The summed E-state index contributed by atoms with van der Waals surface area (Å²) in [5.74, 6) is 0. The Morgan fingerprint density at radius 3 is 0.933 bits per heavy atom. The SMILES string of the molecule is Brc1ccccc1.Brc1ccccc1.C. The Morgan fingerprint density at radius 1 is 0.533 bits per heavy atom. The van der Waals surface area contributed by atoms with Crippen LogP contribution in [0.4, 0.5) is 0 Å². The molecule has 0 amide bonds. The number of benzene rings is 2. The molecule has 0 nitrogen and oxygen atoms in total. The number of hydrogen-bond donors (Lipinski definition) is 0. The van der Waals surface area contributed by atoms with Crippen LogP contribution in [0.15, 0.2) is 69.6 Å². The van der Waals surface area contributed by atoms with Gasteiger partial charge < -0.3 is 0 Å². The molecule has 0 saturated heterocycles. The van der Waals surface area contributed by atoms with Crippen LogP contribution in [0, 0.1) is 0 Å². The van der Waals surface area contributed by atoms with Gasteiger partial charge in [-0.3, -0.25) is 0 Å². The van der Waals surface area contributed by atoms with Crippen LogP contribution in [-0.2, 0) is 0 Å². The van der Waals surface area contributed by atoms with Crippen molar-refractivity contribution in [1.29, 1.82) is 0 Å². The van der Waals surface area contributed by atoms with Crippen LogP contribution in [0.2, 0.25) is 0 Å². The lowest BCUT2D eigenvalue weighted by Crippen LogP contribution is -1.55. The van der Waals surface area contributed by atoms with E-state index in [2.05, 4.69) is 31.9 Å². The number of hydrogen-bond acceptors (Lipinski definition) is 0. The number of rotatable bonds is 0. The molecular formula is C13H14Br2. The molecule has 0 aromatic heterocycles. The van der Waals surface area contributed by atoms with Gasteiger partial charge in [-0.15, -0.1) is 0 Å². The maximum absolute atomic E-state index is 3.31. The summed E-state index contributed by atoms with van der Waals surface area (Å²) in [5, 5.41) is 0. The van der Waals surface area contributed by atoms with Gasteiger partial charge in [0.1, 0.15) is 0 Å². The summed E-state index contributed by atoms with van der Waals surface area (Å²) in [4.78, 5) is 0. The molecule has 2 aromatic carbocycles. The Balaban J connectivity index is 0.000000245. The summed E-state index contributed by atoms with van der Waals surface area (Å²) >= 11 is 6.62. The first kappa shape index (κ1) is 14.4. The third kappa shape index (κ3) is 7.34. The van der Waals surface area contributed by atoms with E-state index in [1.165, 1.54) is 0 Å². The summed E-state index contributed by atoms with van der Waals surface area (Å²) in [5.41, 5.74) is 0. The van der Waals surface area contributed by atoms with Crippen molar-refractivity contribution >= 4 is 31.9 Å². The van der Waals surface area contributed by atoms with Crippen LogP contribution in [-0.4, -0.2) is 0 Å². The fourth-order valence-electron chi connectivity index (χ4n) is 0.829. The molecule has 0 aliphatic rings. The summed E-state index contributed by atoms with van der Waals surface area (Å²) in [6, 6.07) is 19.9. The topological polar surface area (TPSA) is 0 Å². The lowest BCUT2D eigenvalue weighted by atomic mass is 10.4. The molecule has 0 spiro atoms. The Hall–Kier alpha value is -0.600. The molecule has 0 unspecified atom stereocenters. The van der Waals surface area contributed by atoms with Gasteiger partial charge in [0.15, 0.2) is 0 Å². The third-order valence-electron chi connectivity index (χ3n) is 1.47. The van der Waals surface area contributed by atoms with Gasteiger partial charge in [-0.05, 0) is 24.3 Å². The Kier molecular flexibility index (Phi) is 8.34. The molecule has 80 valence electrons. The first-order valence-corrected chi connectivity index (χ1v) is 5.79. The zero-order valence-corrected chi connectivity index (χ0v) is 10.7. The third-order valence-corrected chi connectivity index (χ3v) is 2.52. The zero-order chi connectivity index (χ0) is 10.2. The van der Waals surface area contributed by atoms with Gasteiger partial charge in [0.25, 0.3) is 0 Å². The second-order valence-corrected chi connectivity index (χ2v) is 4.42. The van der Waals surface area contributed by atoms with E-state index in [-0.39, 0.29) is 7.43 Å². The molecule has 0 N–H and O–H groups in total. The summed E-state index contributed by atoms with van der Waals surface area (Å²) in [7, 11) is 0. The molecule has 2 aromatic rings. The molecule has 0 atom stereocenters. The van der Waals surface area contributed by atoms with Gasteiger partial charge in [-0.25, -0.2) is 0 Å². The predicted octanol–water partition coefficient (Wildman–Crippen LogP) is 5.53. The van der Waals surface area contributed by atoms with E-state index >= 15 is 0 Å². The van der Waals surface area contributed by atoms with E-state index in [1.807, 2.05) is 60.7 Å². The average Bonchev–Trinajstić information content (AvgIpc) is 2.21. The van der Waals surface area contributed by atoms with E-state index in [9.17, 15) is 0 Å². The zero-order valence-electron chi connectivity index (χ0n) is 7.53. The second-order valence-electron chi connectivity index (χ2n) is 2.59.